The van der Waals surface area contributed by atoms with Gasteiger partial charge in [-0.2, -0.15) is 12.7 Å². The molecule has 0 radical (unpaired) electrons. The van der Waals surface area contributed by atoms with Gasteiger partial charge in [-0.05, 0) is 53.6 Å². The van der Waals surface area contributed by atoms with Crippen molar-refractivity contribution >= 4 is 27.7 Å². The molecule has 0 bridgehead atoms. The first-order valence-corrected chi connectivity index (χ1v) is 10.7. The van der Waals surface area contributed by atoms with Crippen molar-refractivity contribution in [1.29, 1.82) is 0 Å². The third-order valence-electron chi connectivity index (χ3n) is 4.42. The average molecular weight is 402 g/mol. The van der Waals surface area contributed by atoms with E-state index in [4.69, 9.17) is 0 Å². The van der Waals surface area contributed by atoms with Crippen molar-refractivity contribution in [2.24, 2.45) is 7.05 Å². The minimum absolute atomic E-state index is 0.394. The fraction of sp³-hybridized carbons (Fsp3) is 0.222. The van der Waals surface area contributed by atoms with Crippen molar-refractivity contribution in [3.63, 3.8) is 0 Å². The minimum Gasteiger partial charge on any atom is -0.311 e. The van der Waals surface area contributed by atoms with Gasteiger partial charge in [0.1, 0.15) is 6.33 Å². The van der Waals surface area contributed by atoms with Gasteiger partial charge in [0.05, 0.1) is 0 Å². The van der Waals surface area contributed by atoms with Gasteiger partial charge in [-0.1, -0.05) is 24.3 Å². The summed E-state index contributed by atoms with van der Waals surface area (Å²) in [6.07, 6.45) is 2.37. The molecule has 0 saturated carbocycles. The number of benzene rings is 2. The molecule has 4 rings (SSSR count). The zero-order valence-electron chi connectivity index (χ0n) is 14.7. The smallest absolute Gasteiger partial charge is 0.301 e. The maximum Gasteiger partial charge on any atom is 0.301 e. The Morgan fingerprint density at radius 1 is 1.07 bits per heavy atom. The van der Waals surface area contributed by atoms with E-state index in [1.807, 2.05) is 41.9 Å². The molecule has 0 saturated heterocycles. The summed E-state index contributed by atoms with van der Waals surface area (Å²) < 4.78 is 31.5. The molecule has 2 aromatic carbocycles. The van der Waals surface area contributed by atoms with Gasteiger partial charge in [0.25, 0.3) is 0 Å². The van der Waals surface area contributed by atoms with Crippen LogP contribution in [0.2, 0.25) is 0 Å². The van der Waals surface area contributed by atoms with Gasteiger partial charge in [0.2, 0.25) is 0 Å². The molecule has 140 valence electrons. The second-order valence-electron chi connectivity index (χ2n) is 6.31. The molecule has 1 aromatic heterocycles. The predicted octanol–water partition coefficient (Wildman–Crippen LogP) is 2.68. The van der Waals surface area contributed by atoms with Crippen LogP contribution in [0.4, 0.5) is 5.69 Å². The van der Waals surface area contributed by atoms with Crippen molar-refractivity contribution in [2.75, 3.05) is 11.3 Å². The van der Waals surface area contributed by atoms with Gasteiger partial charge in [-0.3, -0.25) is 4.72 Å². The number of aromatic nitrogens is 3. The van der Waals surface area contributed by atoms with Crippen LogP contribution in [0.5, 0.6) is 0 Å². The topological polar surface area (TPSA) is 80.1 Å². The molecule has 1 N–H and O–H groups in total. The van der Waals surface area contributed by atoms with Crippen LogP contribution in [0.15, 0.2) is 64.9 Å². The van der Waals surface area contributed by atoms with Gasteiger partial charge in [-0.15, -0.1) is 10.2 Å². The Bertz CT molecular complexity index is 1050. The van der Waals surface area contributed by atoms with Crippen molar-refractivity contribution < 1.29 is 8.42 Å². The number of nitrogens with one attached hydrogen (secondary N) is 1. The minimum atomic E-state index is -3.60. The van der Waals surface area contributed by atoms with E-state index in [0.29, 0.717) is 18.8 Å². The van der Waals surface area contributed by atoms with Gasteiger partial charge in [0.15, 0.2) is 5.16 Å². The van der Waals surface area contributed by atoms with E-state index < -0.39 is 10.2 Å². The van der Waals surface area contributed by atoms with Crippen LogP contribution in [0.25, 0.3) is 0 Å². The maximum absolute atomic E-state index is 12.7. The lowest BCUT2D eigenvalue weighted by Crippen LogP contribution is -2.39. The Kier molecular flexibility index (Phi) is 4.90. The van der Waals surface area contributed by atoms with Gasteiger partial charge < -0.3 is 4.57 Å². The molecule has 27 heavy (non-hydrogen) atoms. The van der Waals surface area contributed by atoms with Crippen molar-refractivity contribution in [1.82, 2.24) is 19.1 Å². The number of anilines is 1. The van der Waals surface area contributed by atoms with Crippen LogP contribution < -0.4 is 4.72 Å². The number of fused-ring (bicyclic) bond motifs is 1. The summed E-state index contributed by atoms with van der Waals surface area (Å²) in [5.41, 5.74) is 2.81. The fourth-order valence-electron chi connectivity index (χ4n) is 2.95. The lowest BCUT2D eigenvalue weighted by atomic mass is 10.0. The number of hydrogen-bond acceptors (Lipinski definition) is 5. The van der Waals surface area contributed by atoms with Crippen LogP contribution in [0.1, 0.15) is 11.1 Å². The molecule has 2 heterocycles. The molecule has 1 aliphatic heterocycles. The van der Waals surface area contributed by atoms with E-state index in [0.717, 1.165) is 22.0 Å². The second kappa shape index (κ2) is 7.34. The predicted molar refractivity (Wildman–Crippen MR) is 105 cm³/mol. The van der Waals surface area contributed by atoms with Gasteiger partial charge in [0, 0.05) is 30.7 Å². The molecular formula is C18H19N5O2S2. The standard InChI is InChI=1S/C18H19N5O2S2/c1-22-13-19-20-18(22)26-17-8-6-16(7-9-17)21-27(24,25)23-11-10-14-4-2-3-5-15(14)12-23/h2-9,13,21H,10-12H2,1H3. The monoisotopic (exact) mass is 401 g/mol. The Morgan fingerprint density at radius 3 is 2.52 bits per heavy atom. The zero-order chi connectivity index (χ0) is 18.9. The Morgan fingerprint density at radius 2 is 1.81 bits per heavy atom. The highest BCUT2D eigenvalue weighted by molar-refractivity contribution is 7.99. The molecule has 9 heteroatoms. The molecule has 7 nitrogen and oxygen atoms in total. The fourth-order valence-corrected chi connectivity index (χ4v) is 4.92. The number of aryl methyl sites for hydroxylation is 1. The summed E-state index contributed by atoms with van der Waals surface area (Å²) >= 11 is 1.47. The van der Waals surface area contributed by atoms with Crippen LogP contribution in [0, 0.1) is 0 Å². The number of rotatable bonds is 5. The molecular weight excluding hydrogens is 382 g/mol. The van der Waals surface area contributed by atoms with E-state index >= 15 is 0 Å². The van der Waals surface area contributed by atoms with Gasteiger partial charge in [-0.25, -0.2) is 0 Å². The van der Waals surface area contributed by atoms with Crippen LogP contribution in [-0.2, 0) is 30.2 Å². The summed E-state index contributed by atoms with van der Waals surface area (Å²) in [7, 11) is -1.72. The number of nitrogens with zero attached hydrogens (tertiary/aromatic N) is 4. The number of hydrogen-bond donors (Lipinski definition) is 1. The third kappa shape index (κ3) is 4.00. The second-order valence-corrected chi connectivity index (χ2v) is 9.02. The quantitative estimate of drug-likeness (QED) is 0.711. The normalized spacial score (nSPS) is 14.7. The summed E-state index contributed by atoms with van der Waals surface area (Å²) in [6.45, 7) is 0.873. The molecule has 0 spiro atoms. The largest absolute Gasteiger partial charge is 0.311 e. The SMILES string of the molecule is Cn1cnnc1Sc1ccc(NS(=O)(=O)N2CCc3ccccc3C2)cc1. The summed E-state index contributed by atoms with van der Waals surface area (Å²) in [4.78, 5) is 0.959. The molecule has 1 aliphatic rings. The van der Waals surface area contributed by atoms with Crippen LogP contribution in [-0.4, -0.2) is 34.0 Å². The average Bonchev–Trinajstić information content (AvgIpc) is 3.07. The molecule has 3 aromatic rings. The molecule has 0 amide bonds. The highest BCUT2D eigenvalue weighted by Gasteiger charge is 2.26. The van der Waals surface area contributed by atoms with E-state index in [-0.39, 0.29) is 0 Å². The van der Waals surface area contributed by atoms with Crippen LogP contribution in [0.3, 0.4) is 0 Å². The van der Waals surface area contributed by atoms with E-state index in [9.17, 15) is 8.42 Å². The summed E-state index contributed by atoms with van der Waals surface area (Å²) in [5, 5.41) is 8.65. The van der Waals surface area contributed by atoms with Crippen LogP contribution >= 0.6 is 11.8 Å². The van der Waals surface area contributed by atoms with E-state index in [1.165, 1.54) is 21.6 Å². The lowest BCUT2D eigenvalue weighted by molar-refractivity contribution is 0.394. The first kappa shape index (κ1) is 18.0. The summed E-state index contributed by atoms with van der Waals surface area (Å²) in [5.74, 6) is 0. The van der Waals surface area contributed by atoms with E-state index in [1.54, 1.807) is 18.5 Å². The molecule has 0 fully saturated rings. The Labute approximate surface area is 162 Å². The first-order chi connectivity index (χ1) is 13.0. The van der Waals surface area contributed by atoms with Gasteiger partial charge >= 0.3 is 10.2 Å². The summed E-state index contributed by atoms with van der Waals surface area (Å²) in [6, 6.07) is 15.2. The zero-order valence-corrected chi connectivity index (χ0v) is 16.4. The molecule has 0 atom stereocenters. The molecule has 0 aliphatic carbocycles. The Hall–Kier alpha value is -2.36. The Balaban J connectivity index is 1.44. The lowest BCUT2D eigenvalue weighted by Gasteiger charge is -2.28. The maximum atomic E-state index is 12.7. The highest BCUT2D eigenvalue weighted by atomic mass is 32.2. The van der Waals surface area contributed by atoms with Crippen molar-refractivity contribution in [3.8, 4) is 0 Å². The van der Waals surface area contributed by atoms with Crippen molar-refractivity contribution in [3.05, 3.63) is 66.0 Å². The third-order valence-corrected chi connectivity index (χ3v) is 6.96. The first-order valence-electron chi connectivity index (χ1n) is 8.48. The highest BCUT2D eigenvalue weighted by Crippen LogP contribution is 2.27. The van der Waals surface area contributed by atoms with Crippen molar-refractivity contribution in [2.45, 2.75) is 23.0 Å². The molecule has 0 unspecified atom stereocenters. The van der Waals surface area contributed by atoms with E-state index in [2.05, 4.69) is 21.0 Å².